The van der Waals surface area contributed by atoms with E-state index in [2.05, 4.69) is 15.0 Å². The number of aryl methyl sites for hydroxylation is 2. The van der Waals surface area contributed by atoms with Crippen LogP contribution in [0.5, 0.6) is 5.75 Å². The van der Waals surface area contributed by atoms with E-state index in [9.17, 15) is 5.11 Å². The molecule has 2 aromatic heterocycles. The molecule has 26 heavy (non-hydrogen) atoms. The molecule has 0 atom stereocenters. The number of nitrogens with one attached hydrogen (secondary N) is 1. The number of oxazole rings is 1. The van der Waals surface area contributed by atoms with E-state index in [1.54, 1.807) is 6.20 Å². The van der Waals surface area contributed by atoms with Crippen molar-refractivity contribution in [3.8, 4) is 11.8 Å². The van der Waals surface area contributed by atoms with Crippen LogP contribution in [-0.4, -0.2) is 25.8 Å². The zero-order valence-corrected chi connectivity index (χ0v) is 13.8. The van der Waals surface area contributed by atoms with Crippen LogP contribution in [0.15, 0.2) is 41.4 Å². The van der Waals surface area contributed by atoms with Gasteiger partial charge in [-0.1, -0.05) is 0 Å². The number of aromatic hydroxyl groups is 1. The molecule has 0 saturated carbocycles. The highest BCUT2D eigenvalue weighted by Gasteiger charge is 2.13. The fraction of sp³-hybridized carbons (Fsp3) is 0.167. The van der Waals surface area contributed by atoms with Crippen LogP contribution in [0.4, 0.5) is 5.69 Å². The summed E-state index contributed by atoms with van der Waals surface area (Å²) in [6.07, 6.45) is 7.34. The number of aromatic nitrogens is 3. The average Bonchev–Trinajstić information content (AvgIpc) is 3.34. The smallest absolute Gasteiger partial charge is 0.181 e. The Bertz CT molecular complexity index is 982. The molecular weight excluding hydrogens is 332 g/mol. The van der Waals surface area contributed by atoms with Crippen LogP contribution in [0.1, 0.15) is 36.3 Å². The summed E-state index contributed by atoms with van der Waals surface area (Å²) in [4.78, 5) is 12.0. The minimum absolute atomic E-state index is 0. The molecule has 0 saturated heterocycles. The van der Waals surface area contributed by atoms with Crippen LogP contribution in [0, 0.1) is 16.7 Å². The third-order valence-corrected chi connectivity index (χ3v) is 3.86. The zero-order valence-electron chi connectivity index (χ0n) is 13.8. The second-order valence-electron chi connectivity index (χ2n) is 5.63. The number of rotatable bonds is 2. The van der Waals surface area contributed by atoms with Crippen LogP contribution in [0.25, 0.3) is 0 Å². The fourth-order valence-electron chi connectivity index (χ4n) is 2.57. The second-order valence-corrected chi connectivity index (χ2v) is 5.63. The van der Waals surface area contributed by atoms with Crippen molar-refractivity contribution in [1.29, 1.82) is 10.7 Å². The van der Waals surface area contributed by atoms with E-state index in [-0.39, 0.29) is 12.9 Å². The number of anilines is 1. The lowest BCUT2D eigenvalue weighted by molar-refractivity contribution is 0.475. The number of nitrogen functional groups attached to an aromatic ring is 1. The van der Waals surface area contributed by atoms with E-state index in [0.29, 0.717) is 22.7 Å². The summed E-state index contributed by atoms with van der Waals surface area (Å²) in [5, 5.41) is 25.6. The number of fused-ring (bicyclic) bond motifs is 1. The van der Waals surface area contributed by atoms with Gasteiger partial charge in [0.1, 0.15) is 17.5 Å². The van der Waals surface area contributed by atoms with Gasteiger partial charge in [-0.15, -0.1) is 0 Å². The molecular formula is C18H18N6O2. The molecule has 2 heterocycles. The van der Waals surface area contributed by atoms with E-state index < -0.39 is 0 Å². The zero-order chi connectivity index (χ0) is 18.5. The number of hydrogen-bond acceptors (Lipinski definition) is 8. The summed E-state index contributed by atoms with van der Waals surface area (Å²) in [6.45, 7) is 0. The van der Waals surface area contributed by atoms with Crippen molar-refractivity contribution in [1.82, 2.24) is 15.0 Å². The Labute approximate surface area is 151 Å². The van der Waals surface area contributed by atoms with Crippen molar-refractivity contribution >= 4 is 11.4 Å². The second kappa shape index (κ2) is 7.44. The standard InChI is InChI=1S/C10H9N3O2.C8H7N3.H2/c11-8-2-1-6(14)3-7(8)10(12)9-4-13-5-15-9;9-4-6-5-10-7-2-1-3-8(7)11-6;/h1-5,12,14H,11H2;5H,1-3H2;1H. The van der Waals surface area contributed by atoms with Crippen molar-refractivity contribution in [2.24, 2.45) is 0 Å². The molecule has 0 unspecified atom stereocenters. The van der Waals surface area contributed by atoms with Gasteiger partial charge in [-0.2, -0.15) is 5.26 Å². The largest absolute Gasteiger partial charge is 0.508 e. The number of benzene rings is 1. The average molecular weight is 350 g/mol. The number of nitrogens with two attached hydrogens (primary N) is 1. The van der Waals surface area contributed by atoms with Crippen LogP contribution < -0.4 is 5.73 Å². The van der Waals surface area contributed by atoms with Crippen molar-refractivity contribution in [3.05, 3.63) is 65.4 Å². The third-order valence-electron chi connectivity index (χ3n) is 3.86. The van der Waals surface area contributed by atoms with Gasteiger partial charge in [0.05, 0.1) is 23.8 Å². The van der Waals surface area contributed by atoms with Gasteiger partial charge in [0.2, 0.25) is 0 Å². The molecule has 0 aliphatic heterocycles. The van der Waals surface area contributed by atoms with E-state index in [0.717, 1.165) is 30.7 Å². The number of nitriles is 1. The molecule has 1 aliphatic carbocycles. The summed E-state index contributed by atoms with van der Waals surface area (Å²) in [7, 11) is 0. The van der Waals surface area contributed by atoms with Gasteiger partial charge in [0, 0.05) is 12.7 Å². The van der Waals surface area contributed by atoms with Gasteiger partial charge in [-0.3, -0.25) is 10.4 Å². The first-order valence-corrected chi connectivity index (χ1v) is 7.89. The maximum Gasteiger partial charge on any atom is 0.181 e. The quantitative estimate of drug-likeness (QED) is 0.365. The Morgan fingerprint density at radius 3 is 2.85 bits per heavy atom. The predicted octanol–water partition coefficient (Wildman–Crippen LogP) is 2.46. The van der Waals surface area contributed by atoms with Crippen molar-refractivity contribution in [3.63, 3.8) is 0 Å². The molecule has 8 heteroatoms. The van der Waals surface area contributed by atoms with Gasteiger partial charge in [-0.25, -0.2) is 9.97 Å². The summed E-state index contributed by atoms with van der Waals surface area (Å²) in [6, 6.07) is 6.40. The van der Waals surface area contributed by atoms with E-state index in [1.807, 2.05) is 6.07 Å². The number of phenols is 1. The SMILES string of the molecule is N#Cc1cnc2c(n1)CCC2.N=C(c1cnco1)c1cc(O)ccc1N.[HH]. The van der Waals surface area contributed by atoms with Gasteiger partial charge in [0.15, 0.2) is 17.8 Å². The summed E-state index contributed by atoms with van der Waals surface area (Å²) in [5.74, 6) is 0.371. The Hall–Kier alpha value is -3.73. The van der Waals surface area contributed by atoms with Gasteiger partial charge in [-0.05, 0) is 37.5 Å². The topological polar surface area (TPSA) is 146 Å². The Morgan fingerprint density at radius 2 is 2.12 bits per heavy atom. The van der Waals surface area contributed by atoms with E-state index >= 15 is 0 Å². The molecule has 8 nitrogen and oxygen atoms in total. The molecule has 3 aromatic rings. The highest BCUT2D eigenvalue weighted by Crippen LogP contribution is 2.21. The first-order valence-electron chi connectivity index (χ1n) is 7.89. The van der Waals surface area contributed by atoms with Crippen LogP contribution in [-0.2, 0) is 12.8 Å². The van der Waals surface area contributed by atoms with Gasteiger partial charge >= 0.3 is 0 Å². The molecule has 4 rings (SSSR count). The van der Waals surface area contributed by atoms with Crippen molar-refractivity contribution in [2.75, 3.05) is 5.73 Å². The lowest BCUT2D eigenvalue weighted by Crippen LogP contribution is -2.04. The number of nitrogens with zero attached hydrogens (tertiary/aromatic N) is 4. The van der Waals surface area contributed by atoms with Crippen LogP contribution in [0.3, 0.4) is 0 Å². The molecule has 0 fully saturated rings. The van der Waals surface area contributed by atoms with E-state index in [1.165, 1.54) is 30.8 Å². The first kappa shape index (κ1) is 17.1. The third kappa shape index (κ3) is 3.67. The molecule has 132 valence electrons. The molecule has 0 bridgehead atoms. The molecule has 0 spiro atoms. The molecule has 0 amide bonds. The van der Waals surface area contributed by atoms with Crippen molar-refractivity contribution in [2.45, 2.75) is 19.3 Å². The van der Waals surface area contributed by atoms with E-state index in [4.69, 9.17) is 20.8 Å². The summed E-state index contributed by atoms with van der Waals surface area (Å²) >= 11 is 0. The number of hydrogen-bond donors (Lipinski definition) is 3. The molecule has 1 aromatic carbocycles. The highest BCUT2D eigenvalue weighted by atomic mass is 16.3. The Morgan fingerprint density at radius 1 is 1.31 bits per heavy atom. The van der Waals surface area contributed by atoms with Crippen molar-refractivity contribution < 1.29 is 11.0 Å². The predicted molar refractivity (Wildman–Crippen MR) is 95.8 cm³/mol. The Kier molecular flexibility index (Phi) is 4.90. The molecule has 4 N–H and O–H groups in total. The first-order chi connectivity index (χ1) is 12.6. The van der Waals surface area contributed by atoms with Gasteiger partial charge in [0.25, 0.3) is 0 Å². The van der Waals surface area contributed by atoms with Gasteiger partial charge < -0.3 is 15.3 Å². The lowest BCUT2D eigenvalue weighted by Gasteiger charge is -2.05. The lowest BCUT2D eigenvalue weighted by atomic mass is 10.1. The summed E-state index contributed by atoms with van der Waals surface area (Å²) < 4.78 is 4.97. The normalized spacial score (nSPS) is 11.8. The molecule has 1 aliphatic rings. The minimum Gasteiger partial charge on any atom is -0.508 e. The minimum atomic E-state index is 0. The maximum absolute atomic E-state index is 9.29. The number of phenolic OH excluding ortho intramolecular Hbond substituents is 1. The Balaban J connectivity index is 0.000000194. The monoisotopic (exact) mass is 350 g/mol. The summed E-state index contributed by atoms with van der Waals surface area (Å²) in [5.41, 5.74) is 9.14. The maximum atomic E-state index is 9.29. The molecule has 0 radical (unpaired) electrons. The van der Waals surface area contributed by atoms with Crippen LogP contribution in [0.2, 0.25) is 0 Å². The fourth-order valence-corrected chi connectivity index (χ4v) is 2.57. The highest BCUT2D eigenvalue weighted by molar-refractivity contribution is 6.12. The van der Waals surface area contributed by atoms with Crippen LogP contribution >= 0.6 is 0 Å².